The van der Waals surface area contributed by atoms with Crippen molar-refractivity contribution in [1.82, 2.24) is 9.55 Å². The number of aliphatic hydroxyl groups excluding tert-OH is 1. The molecule has 7 nitrogen and oxygen atoms in total. The molecule has 0 amide bonds. The number of nitrogens with zero attached hydrogens (tertiary/aromatic N) is 2. The summed E-state index contributed by atoms with van der Waals surface area (Å²) in [5.41, 5.74) is 3.87. The van der Waals surface area contributed by atoms with Crippen LogP contribution in [0.4, 0.5) is 0 Å². The molecule has 2 aliphatic rings. The Morgan fingerprint density at radius 3 is 2.87 bits per heavy atom. The van der Waals surface area contributed by atoms with Gasteiger partial charge in [-0.2, -0.15) is 4.98 Å². The maximum Gasteiger partial charge on any atom is 0.351 e. The predicted octanol–water partition coefficient (Wildman–Crippen LogP) is 2.60. The zero-order chi connectivity index (χ0) is 22.0. The van der Waals surface area contributed by atoms with Gasteiger partial charge in [-0.3, -0.25) is 4.57 Å². The monoisotopic (exact) mass is 428 g/mol. The number of hydrogen-bond acceptors (Lipinski definition) is 6. The van der Waals surface area contributed by atoms with E-state index < -0.39 is 0 Å². The summed E-state index contributed by atoms with van der Waals surface area (Å²) in [4.78, 5) is 16.7. The summed E-state index contributed by atoms with van der Waals surface area (Å²) >= 11 is 0. The van der Waals surface area contributed by atoms with Crippen LogP contribution in [0.15, 0.2) is 29.1 Å². The SMILES string of the molecule is CC(C)(C)C(O)CCc1ccc2c(c1)CCn1c-2cc(OC[C@@H]2COCCO2)nc1=O. The Hall–Kier alpha value is -2.22. The highest BCUT2D eigenvalue weighted by Crippen LogP contribution is 2.31. The Morgan fingerprint density at radius 2 is 2.13 bits per heavy atom. The van der Waals surface area contributed by atoms with Crippen molar-refractivity contribution < 1.29 is 19.3 Å². The average molecular weight is 429 g/mol. The third-order valence-electron chi connectivity index (χ3n) is 6.05. The van der Waals surface area contributed by atoms with E-state index in [1.54, 1.807) is 4.57 Å². The molecule has 1 unspecified atom stereocenters. The quantitative estimate of drug-likeness (QED) is 0.762. The van der Waals surface area contributed by atoms with E-state index in [1.807, 2.05) is 6.07 Å². The fourth-order valence-corrected chi connectivity index (χ4v) is 4.04. The van der Waals surface area contributed by atoms with Crippen LogP contribution in [0, 0.1) is 5.41 Å². The number of rotatable bonds is 6. The topological polar surface area (TPSA) is 82.8 Å². The molecule has 0 radical (unpaired) electrons. The van der Waals surface area contributed by atoms with Crippen LogP contribution in [-0.2, 0) is 28.9 Å². The first-order chi connectivity index (χ1) is 14.8. The molecule has 7 heteroatoms. The minimum atomic E-state index is -0.341. The van der Waals surface area contributed by atoms with Gasteiger partial charge in [0.1, 0.15) is 12.7 Å². The summed E-state index contributed by atoms with van der Waals surface area (Å²) in [6, 6.07) is 8.20. The van der Waals surface area contributed by atoms with Crippen molar-refractivity contribution in [2.45, 2.75) is 58.8 Å². The maximum absolute atomic E-state index is 12.6. The van der Waals surface area contributed by atoms with Gasteiger partial charge in [-0.1, -0.05) is 39.0 Å². The van der Waals surface area contributed by atoms with Crippen LogP contribution in [0.5, 0.6) is 5.88 Å². The number of aryl methyl sites for hydroxylation is 2. The van der Waals surface area contributed by atoms with E-state index >= 15 is 0 Å². The van der Waals surface area contributed by atoms with E-state index in [-0.39, 0.29) is 23.3 Å². The van der Waals surface area contributed by atoms with Crippen LogP contribution in [-0.4, -0.2) is 53.3 Å². The van der Waals surface area contributed by atoms with Crippen LogP contribution in [0.25, 0.3) is 11.3 Å². The second-order valence-electron chi connectivity index (χ2n) is 9.45. The lowest BCUT2D eigenvalue weighted by molar-refractivity contribution is -0.102. The van der Waals surface area contributed by atoms with E-state index in [2.05, 4.69) is 44.0 Å². The fourth-order valence-electron chi connectivity index (χ4n) is 4.04. The van der Waals surface area contributed by atoms with Crippen molar-refractivity contribution in [2.75, 3.05) is 26.4 Å². The molecular weight excluding hydrogens is 396 g/mol. The van der Waals surface area contributed by atoms with Crippen LogP contribution in [0.3, 0.4) is 0 Å². The number of aliphatic hydroxyl groups is 1. The van der Waals surface area contributed by atoms with Gasteiger partial charge in [-0.15, -0.1) is 0 Å². The standard InChI is InChI=1S/C24H32N2O5/c1-24(2,3)21(27)7-5-16-4-6-19-17(12-16)8-9-26-20(19)13-22(25-23(26)28)31-15-18-14-29-10-11-30-18/h4,6,12-13,18,21,27H,5,7-11,14-15H2,1-3H3/t18-,21?/m0/s1. The summed E-state index contributed by atoms with van der Waals surface area (Å²) in [5.74, 6) is 0.315. The molecule has 4 rings (SSSR count). The molecule has 2 aliphatic heterocycles. The largest absolute Gasteiger partial charge is 0.475 e. The zero-order valence-electron chi connectivity index (χ0n) is 18.6. The highest BCUT2D eigenvalue weighted by molar-refractivity contribution is 5.67. The molecule has 0 aliphatic carbocycles. The van der Waals surface area contributed by atoms with Gasteiger partial charge in [0.15, 0.2) is 0 Å². The van der Waals surface area contributed by atoms with Gasteiger partial charge in [-0.05, 0) is 35.8 Å². The van der Waals surface area contributed by atoms with Gasteiger partial charge in [-0.25, -0.2) is 4.79 Å². The Kier molecular flexibility index (Phi) is 6.46. The van der Waals surface area contributed by atoms with E-state index in [0.29, 0.717) is 38.9 Å². The molecule has 1 aromatic heterocycles. The lowest BCUT2D eigenvalue weighted by Crippen LogP contribution is -2.34. The Labute approximate surface area is 183 Å². The first-order valence-corrected chi connectivity index (χ1v) is 11.1. The average Bonchev–Trinajstić information content (AvgIpc) is 2.75. The summed E-state index contributed by atoms with van der Waals surface area (Å²) in [6.45, 7) is 8.71. The minimum Gasteiger partial charge on any atom is -0.475 e. The Morgan fingerprint density at radius 1 is 1.29 bits per heavy atom. The van der Waals surface area contributed by atoms with Gasteiger partial charge in [0.25, 0.3) is 0 Å². The second kappa shape index (κ2) is 9.10. The minimum absolute atomic E-state index is 0.119. The predicted molar refractivity (Wildman–Crippen MR) is 117 cm³/mol. The third-order valence-corrected chi connectivity index (χ3v) is 6.05. The lowest BCUT2D eigenvalue weighted by Gasteiger charge is -2.26. The van der Waals surface area contributed by atoms with Gasteiger partial charge in [0.2, 0.25) is 5.88 Å². The van der Waals surface area contributed by atoms with Gasteiger partial charge < -0.3 is 19.3 Å². The van der Waals surface area contributed by atoms with Gasteiger partial charge >= 0.3 is 5.69 Å². The molecule has 2 atom stereocenters. The van der Waals surface area contributed by atoms with Crippen molar-refractivity contribution in [3.05, 3.63) is 45.9 Å². The lowest BCUT2D eigenvalue weighted by atomic mass is 9.85. The van der Waals surface area contributed by atoms with Crippen LogP contribution < -0.4 is 10.4 Å². The third kappa shape index (κ3) is 5.17. The molecule has 0 spiro atoms. The molecule has 31 heavy (non-hydrogen) atoms. The zero-order valence-corrected chi connectivity index (χ0v) is 18.6. The molecule has 1 saturated heterocycles. The molecule has 2 aromatic rings. The number of aromatic nitrogens is 2. The van der Waals surface area contributed by atoms with Crippen molar-refractivity contribution in [2.24, 2.45) is 5.41 Å². The number of fused-ring (bicyclic) bond motifs is 3. The molecule has 168 valence electrons. The smallest absolute Gasteiger partial charge is 0.351 e. The van der Waals surface area contributed by atoms with Crippen molar-refractivity contribution in [1.29, 1.82) is 0 Å². The highest BCUT2D eigenvalue weighted by atomic mass is 16.6. The number of ether oxygens (including phenoxy) is 3. The molecule has 3 heterocycles. The van der Waals surface area contributed by atoms with Crippen LogP contribution in [0.1, 0.15) is 38.3 Å². The summed E-state index contributed by atoms with van der Waals surface area (Å²) in [7, 11) is 0. The summed E-state index contributed by atoms with van der Waals surface area (Å²) in [6.07, 6.45) is 1.85. The Bertz CT molecular complexity index is 973. The molecule has 0 saturated carbocycles. The highest BCUT2D eigenvalue weighted by Gasteiger charge is 2.23. The van der Waals surface area contributed by atoms with Gasteiger partial charge in [0, 0.05) is 18.2 Å². The van der Waals surface area contributed by atoms with Crippen LogP contribution >= 0.6 is 0 Å². The molecule has 1 fully saturated rings. The Balaban J connectivity index is 1.51. The molecular formula is C24H32N2O5. The molecule has 1 N–H and O–H groups in total. The van der Waals surface area contributed by atoms with Crippen molar-refractivity contribution in [3.8, 4) is 17.1 Å². The normalized spacial score (nSPS) is 19.4. The van der Waals surface area contributed by atoms with Crippen molar-refractivity contribution in [3.63, 3.8) is 0 Å². The number of benzene rings is 1. The fraction of sp³-hybridized carbons (Fsp3) is 0.583. The first kappa shape index (κ1) is 22.0. The first-order valence-electron chi connectivity index (χ1n) is 11.1. The summed E-state index contributed by atoms with van der Waals surface area (Å²) in [5, 5.41) is 10.3. The van der Waals surface area contributed by atoms with Crippen LogP contribution in [0.2, 0.25) is 0 Å². The molecule has 0 bridgehead atoms. The van der Waals surface area contributed by atoms with Crippen molar-refractivity contribution >= 4 is 0 Å². The second-order valence-corrected chi connectivity index (χ2v) is 9.45. The molecule has 1 aromatic carbocycles. The van der Waals surface area contributed by atoms with E-state index in [1.165, 1.54) is 11.1 Å². The van der Waals surface area contributed by atoms with E-state index in [4.69, 9.17) is 14.2 Å². The van der Waals surface area contributed by atoms with Gasteiger partial charge in [0.05, 0.1) is 31.6 Å². The van der Waals surface area contributed by atoms with E-state index in [0.717, 1.165) is 30.5 Å². The number of hydrogen-bond donors (Lipinski definition) is 1. The maximum atomic E-state index is 12.6. The summed E-state index contributed by atoms with van der Waals surface area (Å²) < 4.78 is 18.5. The van der Waals surface area contributed by atoms with E-state index in [9.17, 15) is 9.90 Å².